The van der Waals surface area contributed by atoms with Crippen LogP contribution in [-0.2, 0) is 11.2 Å². The van der Waals surface area contributed by atoms with E-state index in [0.717, 1.165) is 27.7 Å². The minimum atomic E-state index is -0.637. The molecule has 0 unspecified atom stereocenters. The molecule has 0 aliphatic carbocycles. The van der Waals surface area contributed by atoms with Crippen molar-refractivity contribution in [1.82, 2.24) is 0 Å². The number of amides is 1. The first-order chi connectivity index (χ1) is 13.7. The molecular formula is C25H22N2O. The number of rotatable bonds is 5. The molecule has 0 heterocycles. The van der Waals surface area contributed by atoms with Gasteiger partial charge in [0.1, 0.15) is 0 Å². The quantitative estimate of drug-likeness (QED) is 0.536. The second-order valence-electron chi connectivity index (χ2n) is 6.80. The number of carbonyl (C=O) groups is 1. The summed E-state index contributed by atoms with van der Waals surface area (Å²) >= 11 is 0. The lowest BCUT2D eigenvalue weighted by Gasteiger charge is -2.27. The average Bonchev–Trinajstić information content (AvgIpc) is 2.75. The molecule has 0 fully saturated rings. The molecule has 3 nitrogen and oxygen atoms in total. The van der Waals surface area contributed by atoms with Gasteiger partial charge in [0.05, 0.1) is 11.7 Å². The molecule has 3 heteroatoms. The fourth-order valence-electron chi connectivity index (χ4n) is 3.49. The van der Waals surface area contributed by atoms with Crippen LogP contribution in [0.25, 0.3) is 10.8 Å². The van der Waals surface area contributed by atoms with Gasteiger partial charge >= 0.3 is 0 Å². The van der Waals surface area contributed by atoms with Crippen molar-refractivity contribution in [1.29, 1.82) is 0 Å². The third-order valence-corrected chi connectivity index (χ3v) is 4.86. The van der Waals surface area contributed by atoms with E-state index >= 15 is 0 Å². The second kappa shape index (κ2) is 8.07. The van der Waals surface area contributed by atoms with Crippen LogP contribution in [0.4, 0.5) is 11.4 Å². The van der Waals surface area contributed by atoms with Crippen LogP contribution in [0, 0.1) is 0 Å². The summed E-state index contributed by atoms with van der Waals surface area (Å²) in [6, 6.07) is 33.0. The van der Waals surface area contributed by atoms with Gasteiger partial charge in [-0.2, -0.15) is 0 Å². The molecule has 0 saturated heterocycles. The standard InChI is InChI=1S/C25H22N2O/c26-23(18-19-10-3-1-4-11-19)25(28)27(21-14-5-2-6-15-21)24-17-9-13-20-12-7-8-16-22(20)24/h1-17,23H,18,26H2/t23-/m0/s1. The van der Waals surface area contributed by atoms with Crippen molar-refractivity contribution in [3.63, 3.8) is 0 Å². The van der Waals surface area contributed by atoms with Crippen LogP contribution in [0.1, 0.15) is 5.56 Å². The van der Waals surface area contributed by atoms with E-state index in [-0.39, 0.29) is 5.91 Å². The minimum absolute atomic E-state index is 0.119. The Bertz CT molecular complexity index is 1070. The topological polar surface area (TPSA) is 46.3 Å². The Morgan fingerprint density at radius 3 is 2.11 bits per heavy atom. The average molecular weight is 366 g/mol. The number of hydrogen-bond donors (Lipinski definition) is 1. The summed E-state index contributed by atoms with van der Waals surface area (Å²) in [5.41, 5.74) is 9.09. The van der Waals surface area contributed by atoms with Crippen LogP contribution < -0.4 is 10.6 Å². The van der Waals surface area contributed by atoms with Crippen LogP contribution in [0.5, 0.6) is 0 Å². The molecule has 4 aromatic rings. The summed E-state index contributed by atoms with van der Waals surface area (Å²) in [5.74, 6) is -0.119. The van der Waals surface area contributed by atoms with Gasteiger partial charge < -0.3 is 5.73 Å². The van der Waals surface area contributed by atoms with Crippen molar-refractivity contribution in [2.24, 2.45) is 5.73 Å². The van der Waals surface area contributed by atoms with Crippen LogP contribution in [0.3, 0.4) is 0 Å². The predicted octanol–water partition coefficient (Wildman–Crippen LogP) is 5.07. The molecule has 4 aromatic carbocycles. The van der Waals surface area contributed by atoms with E-state index in [9.17, 15) is 4.79 Å². The Morgan fingerprint density at radius 1 is 0.750 bits per heavy atom. The minimum Gasteiger partial charge on any atom is -0.320 e. The van der Waals surface area contributed by atoms with Crippen LogP contribution >= 0.6 is 0 Å². The third-order valence-electron chi connectivity index (χ3n) is 4.86. The highest BCUT2D eigenvalue weighted by atomic mass is 16.2. The lowest BCUT2D eigenvalue weighted by atomic mass is 10.0. The van der Waals surface area contributed by atoms with Gasteiger partial charge in [0.25, 0.3) is 0 Å². The van der Waals surface area contributed by atoms with E-state index in [1.165, 1.54) is 0 Å². The molecule has 0 aliphatic heterocycles. The molecule has 0 bridgehead atoms. The van der Waals surface area contributed by atoms with E-state index < -0.39 is 6.04 Å². The monoisotopic (exact) mass is 366 g/mol. The van der Waals surface area contributed by atoms with Crippen molar-refractivity contribution < 1.29 is 4.79 Å². The molecule has 28 heavy (non-hydrogen) atoms. The Balaban J connectivity index is 1.77. The molecule has 0 saturated carbocycles. The maximum absolute atomic E-state index is 13.5. The van der Waals surface area contributed by atoms with Gasteiger partial charge in [-0.3, -0.25) is 9.69 Å². The highest BCUT2D eigenvalue weighted by molar-refractivity contribution is 6.10. The van der Waals surface area contributed by atoms with E-state index in [1.807, 2.05) is 91.0 Å². The third kappa shape index (κ3) is 3.66. The van der Waals surface area contributed by atoms with Crippen LogP contribution in [0.15, 0.2) is 103 Å². The number of benzene rings is 4. The van der Waals surface area contributed by atoms with Gasteiger partial charge in [-0.15, -0.1) is 0 Å². The summed E-state index contributed by atoms with van der Waals surface area (Å²) in [6.07, 6.45) is 0.494. The number of nitrogens with two attached hydrogens (primary N) is 1. The van der Waals surface area contributed by atoms with Crippen LogP contribution in [0.2, 0.25) is 0 Å². The van der Waals surface area contributed by atoms with E-state index in [0.29, 0.717) is 6.42 Å². The maximum Gasteiger partial charge on any atom is 0.248 e. The summed E-state index contributed by atoms with van der Waals surface area (Å²) in [4.78, 5) is 15.2. The SMILES string of the molecule is N[C@@H](Cc1ccccc1)C(=O)N(c1ccccc1)c1cccc2ccccc12. The molecule has 1 atom stereocenters. The van der Waals surface area contributed by atoms with Crippen molar-refractivity contribution in [2.75, 3.05) is 4.90 Å². The fourth-order valence-corrected chi connectivity index (χ4v) is 3.49. The molecule has 0 radical (unpaired) electrons. The van der Waals surface area contributed by atoms with Gasteiger partial charge in [0.15, 0.2) is 0 Å². The fraction of sp³-hybridized carbons (Fsp3) is 0.0800. The molecule has 0 aromatic heterocycles. The first-order valence-corrected chi connectivity index (χ1v) is 9.40. The lowest BCUT2D eigenvalue weighted by molar-refractivity contribution is -0.119. The van der Waals surface area contributed by atoms with Gasteiger partial charge in [-0.25, -0.2) is 0 Å². The van der Waals surface area contributed by atoms with E-state index in [4.69, 9.17) is 5.73 Å². The highest BCUT2D eigenvalue weighted by Gasteiger charge is 2.25. The van der Waals surface area contributed by atoms with Crippen molar-refractivity contribution in [2.45, 2.75) is 12.5 Å². The van der Waals surface area contributed by atoms with Gasteiger partial charge in [-0.05, 0) is 35.6 Å². The normalized spacial score (nSPS) is 11.9. The highest BCUT2D eigenvalue weighted by Crippen LogP contribution is 2.33. The van der Waals surface area contributed by atoms with Crippen molar-refractivity contribution in [3.05, 3.63) is 109 Å². The molecule has 138 valence electrons. The smallest absolute Gasteiger partial charge is 0.248 e. The zero-order valence-electron chi connectivity index (χ0n) is 15.5. The van der Waals surface area contributed by atoms with Gasteiger partial charge in [0.2, 0.25) is 5.91 Å². The Labute approximate surface area is 165 Å². The molecule has 2 N–H and O–H groups in total. The summed E-state index contributed by atoms with van der Waals surface area (Å²) < 4.78 is 0. The number of hydrogen-bond acceptors (Lipinski definition) is 2. The van der Waals surface area contributed by atoms with Gasteiger partial charge in [-0.1, -0.05) is 84.9 Å². The molecule has 0 aliphatic rings. The van der Waals surface area contributed by atoms with Crippen molar-refractivity contribution in [3.8, 4) is 0 Å². The number of anilines is 2. The second-order valence-corrected chi connectivity index (χ2v) is 6.80. The number of para-hydroxylation sites is 1. The Morgan fingerprint density at radius 2 is 1.36 bits per heavy atom. The Hall–Kier alpha value is -3.43. The number of nitrogens with zero attached hydrogens (tertiary/aromatic N) is 1. The first-order valence-electron chi connectivity index (χ1n) is 9.40. The lowest BCUT2D eigenvalue weighted by Crippen LogP contribution is -2.43. The molecule has 0 spiro atoms. The zero-order chi connectivity index (χ0) is 19.3. The molecule has 4 rings (SSSR count). The van der Waals surface area contributed by atoms with Crippen molar-refractivity contribution >= 4 is 28.1 Å². The number of fused-ring (bicyclic) bond motifs is 1. The summed E-state index contributed by atoms with van der Waals surface area (Å²) in [7, 11) is 0. The maximum atomic E-state index is 13.5. The van der Waals surface area contributed by atoms with E-state index in [2.05, 4.69) is 12.1 Å². The van der Waals surface area contributed by atoms with Crippen LogP contribution in [-0.4, -0.2) is 11.9 Å². The largest absolute Gasteiger partial charge is 0.320 e. The predicted molar refractivity (Wildman–Crippen MR) is 116 cm³/mol. The molecule has 1 amide bonds. The Kier molecular flexibility index (Phi) is 5.18. The number of carbonyl (C=O) groups excluding carboxylic acids is 1. The van der Waals surface area contributed by atoms with E-state index in [1.54, 1.807) is 4.90 Å². The molecular weight excluding hydrogens is 344 g/mol. The first kappa shape index (κ1) is 18.0. The summed E-state index contributed by atoms with van der Waals surface area (Å²) in [5, 5.41) is 2.11. The summed E-state index contributed by atoms with van der Waals surface area (Å²) in [6.45, 7) is 0. The zero-order valence-corrected chi connectivity index (χ0v) is 15.5. The van der Waals surface area contributed by atoms with Gasteiger partial charge in [0, 0.05) is 11.1 Å².